The molecule has 3 aliphatic rings. The third-order valence-corrected chi connectivity index (χ3v) is 6.84. The molecule has 3 saturated carbocycles. The summed E-state index contributed by atoms with van der Waals surface area (Å²) in [5, 5.41) is 0. The molecular formula is C30H26O4. The maximum Gasteiger partial charge on any atom is 0.338 e. The van der Waals surface area contributed by atoms with Crippen LogP contribution in [-0.2, 0) is 9.47 Å². The third kappa shape index (κ3) is 4.75. The lowest BCUT2D eigenvalue weighted by molar-refractivity contribution is -0.133. The molecule has 34 heavy (non-hydrogen) atoms. The number of hydrogen-bond acceptors (Lipinski definition) is 4. The minimum absolute atomic E-state index is 0.0162. The van der Waals surface area contributed by atoms with Gasteiger partial charge in [0.1, 0.15) is 12.2 Å². The molecule has 0 aromatic heterocycles. The topological polar surface area (TPSA) is 52.6 Å². The molecule has 0 heterocycles. The maximum atomic E-state index is 13.0. The Morgan fingerprint density at radius 2 is 1.21 bits per heavy atom. The van der Waals surface area contributed by atoms with Gasteiger partial charge in [-0.3, -0.25) is 0 Å². The maximum absolute atomic E-state index is 13.0. The van der Waals surface area contributed by atoms with Crippen LogP contribution in [0.15, 0.2) is 91.0 Å². The highest BCUT2D eigenvalue weighted by Gasteiger charge is 2.52. The van der Waals surface area contributed by atoms with Crippen LogP contribution in [0.1, 0.15) is 45.5 Å². The van der Waals surface area contributed by atoms with Crippen molar-refractivity contribution in [3.8, 4) is 11.8 Å². The van der Waals surface area contributed by atoms with Crippen molar-refractivity contribution in [2.45, 2.75) is 31.5 Å². The predicted octanol–water partition coefficient (Wildman–Crippen LogP) is 5.54. The summed E-state index contributed by atoms with van der Waals surface area (Å²) in [6, 6.07) is 27.8. The van der Waals surface area contributed by atoms with Crippen molar-refractivity contribution >= 4 is 11.9 Å². The van der Waals surface area contributed by atoms with Crippen LogP contribution in [-0.4, -0.2) is 24.1 Å². The van der Waals surface area contributed by atoms with Crippen molar-refractivity contribution in [1.29, 1.82) is 0 Å². The van der Waals surface area contributed by atoms with Gasteiger partial charge in [-0.25, -0.2) is 9.59 Å². The van der Waals surface area contributed by atoms with Crippen molar-refractivity contribution < 1.29 is 19.1 Å². The van der Waals surface area contributed by atoms with Crippen LogP contribution < -0.4 is 0 Å². The lowest BCUT2D eigenvalue weighted by Crippen LogP contribution is -2.55. The first-order valence-corrected chi connectivity index (χ1v) is 11.8. The summed E-state index contributed by atoms with van der Waals surface area (Å²) in [6.45, 7) is 0. The summed E-state index contributed by atoms with van der Waals surface area (Å²) >= 11 is 0. The summed E-state index contributed by atoms with van der Waals surface area (Å²) in [7, 11) is 0. The molecule has 5 atom stereocenters. The second kappa shape index (κ2) is 9.97. The fourth-order valence-electron chi connectivity index (χ4n) is 5.14. The fourth-order valence-corrected chi connectivity index (χ4v) is 5.14. The smallest absolute Gasteiger partial charge is 0.338 e. The second-order valence-electron chi connectivity index (χ2n) is 8.95. The molecule has 0 radical (unpaired) electrons. The largest absolute Gasteiger partial charge is 0.455 e. The zero-order valence-electron chi connectivity index (χ0n) is 18.8. The normalized spacial score (nSPS) is 25.0. The highest BCUT2D eigenvalue weighted by molar-refractivity contribution is 5.90. The van der Waals surface area contributed by atoms with Crippen LogP contribution in [0.4, 0.5) is 0 Å². The van der Waals surface area contributed by atoms with Crippen LogP contribution in [0, 0.1) is 29.6 Å². The molecule has 4 heteroatoms. The first-order chi connectivity index (χ1) is 16.7. The van der Waals surface area contributed by atoms with Crippen molar-refractivity contribution in [3.63, 3.8) is 0 Å². The number of fused-ring (bicyclic) bond motifs is 3. The number of carbonyl (C=O) groups excluding carboxylic acids is 2. The molecule has 0 aliphatic heterocycles. The van der Waals surface area contributed by atoms with E-state index in [1.807, 2.05) is 66.7 Å². The molecule has 4 nitrogen and oxygen atoms in total. The number of carbonyl (C=O) groups is 2. The minimum Gasteiger partial charge on any atom is -0.455 e. The van der Waals surface area contributed by atoms with Crippen molar-refractivity contribution in [2.24, 2.45) is 17.8 Å². The fraction of sp³-hybridized carbons (Fsp3) is 0.267. The highest BCUT2D eigenvalue weighted by atomic mass is 16.6. The van der Waals surface area contributed by atoms with Crippen LogP contribution in [0.3, 0.4) is 0 Å². The van der Waals surface area contributed by atoms with Gasteiger partial charge in [-0.2, -0.15) is 0 Å². The molecule has 170 valence electrons. The zero-order valence-corrected chi connectivity index (χ0v) is 18.8. The number of ether oxygens (including phenoxy) is 2. The Balaban J connectivity index is 1.41. The average Bonchev–Trinajstić information content (AvgIpc) is 2.90. The van der Waals surface area contributed by atoms with Gasteiger partial charge in [-0.15, -0.1) is 0 Å². The lowest BCUT2D eigenvalue weighted by atomic mass is 9.61. The zero-order chi connectivity index (χ0) is 23.3. The third-order valence-electron chi connectivity index (χ3n) is 6.84. The number of rotatable bonds is 4. The van der Waals surface area contributed by atoms with Crippen molar-refractivity contribution in [3.05, 3.63) is 108 Å². The number of esters is 2. The van der Waals surface area contributed by atoms with E-state index in [2.05, 4.69) is 11.8 Å². The van der Waals surface area contributed by atoms with Gasteiger partial charge in [0.05, 0.1) is 11.1 Å². The SMILES string of the molecule is O=C(OC1C2CCC(C(C#Cc3ccccc3)C2)C1OC(=O)c1ccccc1)c1ccccc1. The minimum atomic E-state index is -0.525. The Morgan fingerprint density at radius 1 is 0.676 bits per heavy atom. The molecule has 0 N–H and O–H groups in total. The van der Waals surface area contributed by atoms with Crippen LogP contribution in [0.5, 0.6) is 0 Å². The molecule has 0 amide bonds. The van der Waals surface area contributed by atoms with E-state index in [0.717, 1.165) is 24.8 Å². The molecule has 3 aliphatic carbocycles. The first-order valence-electron chi connectivity index (χ1n) is 11.8. The monoisotopic (exact) mass is 450 g/mol. The standard InChI is InChI=1S/C30H26O4/c31-29(22-12-6-2-7-13-22)33-27-25-18-19-26(24(20-25)17-16-21-10-4-1-5-11-21)28(27)34-30(32)23-14-8-3-9-15-23/h1-15,24-28H,18-20H2. The van der Waals surface area contributed by atoms with Crippen LogP contribution in [0.2, 0.25) is 0 Å². The molecule has 3 aromatic rings. The van der Waals surface area contributed by atoms with Gasteiger partial charge in [-0.05, 0) is 55.7 Å². The summed E-state index contributed by atoms with van der Waals surface area (Å²) in [5.74, 6) is 6.14. The molecule has 0 spiro atoms. The van der Waals surface area contributed by atoms with Gasteiger partial charge < -0.3 is 9.47 Å². The van der Waals surface area contributed by atoms with E-state index in [1.165, 1.54) is 0 Å². The first kappa shape index (κ1) is 22.0. The van der Waals surface area contributed by atoms with E-state index in [1.54, 1.807) is 24.3 Å². The van der Waals surface area contributed by atoms with Crippen LogP contribution >= 0.6 is 0 Å². The molecule has 3 aromatic carbocycles. The van der Waals surface area contributed by atoms with Crippen LogP contribution in [0.25, 0.3) is 0 Å². The quantitative estimate of drug-likeness (QED) is 0.387. The molecular weight excluding hydrogens is 424 g/mol. The Bertz CT molecular complexity index is 1190. The van der Waals surface area contributed by atoms with Crippen molar-refractivity contribution in [1.82, 2.24) is 0 Å². The predicted molar refractivity (Wildman–Crippen MR) is 129 cm³/mol. The molecule has 6 rings (SSSR count). The lowest BCUT2D eigenvalue weighted by Gasteiger charge is -2.49. The van der Waals surface area contributed by atoms with E-state index in [4.69, 9.17) is 9.47 Å². The Morgan fingerprint density at radius 3 is 1.79 bits per heavy atom. The summed E-state index contributed by atoms with van der Waals surface area (Å²) in [6.07, 6.45) is 1.65. The molecule has 0 saturated heterocycles. The van der Waals surface area contributed by atoms with E-state index < -0.39 is 18.2 Å². The average molecular weight is 451 g/mol. The van der Waals surface area contributed by atoms with E-state index in [9.17, 15) is 9.59 Å². The van der Waals surface area contributed by atoms with Gasteiger partial charge in [0.25, 0.3) is 0 Å². The summed E-state index contributed by atoms with van der Waals surface area (Å²) < 4.78 is 12.1. The van der Waals surface area contributed by atoms with Gasteiger partial charge >= 0.3 is 11.9 Å². The molecule has 3 fully saturated rings. The van der Waals surface area contributed by atoms with Gasteiger partial charge in [-0.1, -0.05) is 66.4 Å². The molecule has 5 unspecified atom stereocenters. The number of benzene rings is 3. The number of hydrogen-bond donors (Lipinski definition) is 0. The summed E-state index contributed by atoms with van der Waals surface area (Å²) in [5.41, 5.74) is 1.95. The second-order valence-corrected chi connectivity index (χ2v) is 8.95. The Kier molecular flexibility index (Phi) is 6.44. The van der Waals surface area contributed by atoms with E-state index in [0.29, 0.717) is 11.1 Å². The molecule has 2 bridgehead atoms. The van der Waals surface area contributed by atoms with Gasteiger partial charge in [0.15, 0.2) is 0 Å². The van der Waals surface area contributed by atoms with Gasteiger partial charge in [0, 0.05) is 23.3 Å². The van der Waals surface area contributed by atoms with E-state index >= 15 is 0 Å². The Hall–Kier alpha value is -3.84. The van der Waals surface area contributed by atoms with Gasteiger partial charge in [0.2, 0.25) is 0 Å². The highest BCUT2D eigenvalue weighted by Crippen LogP contribution is 2.48. The summed E-state index contributed by atoms with van der Waals surface area (Å²) in [4.78, 5) is 25.9. The Labute approximate surface area is 199 Å². The van der Waals surface area contributed by atoms with E-state index in [-0.39, 0.29) is 23.7 Å². The van der Waals surface area contributed by atoms with Crippen molar-refractivity contribution in [2.75, 3.05) is 0 Å².